The first-order valence-corrected chi connectivity index (χ1v) is 7.50. The lowest BCUT2D eigenvalue weighted by Gasteiger charge is -2.28. The molecule has 1 aromatic rings. The minimum Gasteiger partial charge on any atom is -0.495 e. The van der Waals surface area contributed by atoms with Crippen molar-refractivity contribution in [1.29, 1.82) is 0 Å². The summed E-state index contributed by atoms with van der Waals surface area (Å²) >= 11 is 0. The van der Waals surface area contributed by atoms with E-state index in [0.717, 1.165) is 5.56 Å². The second kappa shape index (κ2) is 8.87. The van der Waals surface area contributed by atoms with Crippen molar-refractivity contribution in [2.24, 2.45) is 5.92 Å². The van der Waals surface area contributed by atoms with E-state index in [4.69, 9.17) is 4.74 Å². The highest BCUT2D eigenvalue weighted by molar-refractivity contribution is 6.02. The Kier molecular flexibility index (Phi) is 7.16. The molecule has 1 N–H and O–H groups in total. The highest BCUT2D eigenvalue weighted by atomic mass is 16.5. The molecule has 1 heterocycles. The molecule has 5 nitrogen and oxygen atoms in total. The Morgan fingerprint density at radius 1 is 1.32 bits per heavy atom. The number of Topliss-reactive ketones (excluding diaryl/α,β-unsaturated/α-hetero) is 1. The Morgan fingerprint density at radius 3 is 2.55 bits per heavy atom. The molecule has 1 aliphatic heterocycles. The van der Waals surface area contributed by atoms with Crippen molar-refractivity contribution < 1.29 is 19.4 Å². The highest BCUT2D eigenvalue weighted by Crippen LogP contribution is 2.19. The van der Waals surface area contributed by atoms with Crippen LogP contribution in [0.1, 0.15) is 26.3 Å². The van der Waals surface area contributed by atoms with Gasteiger partial charge in [-0.1, -0.05) is 44.2 Å². The molecule has 0 radical (unpaired) electrons. The Bertz CT molecular complexity index is 525. The number of aliphatic hydroxyl groups excluding tert-OH is 1. The third-order valence-electron chi connectivity index (χ3n) is 3.09. The van der Waals surface area contributed by atoms with E-state index in [2.05, 4.69) is 0 Å². The van der Waals surface area contributed by atoms with E-state index < -0.39 is 11.9 Å². The highest BCUT2D eigenvalue weighted by Gasteiger charge is 2.33. The molecular formula is C17H23NO4. The monoisotopic (exact) mass is 305 g/mol. The topological polar surface area (TPSA) is 66.8 Å². The normalized spacial score (nSPS) is 17.2. The number of nitrogens with zero attached hydrogens (tertiary/aromatic N) is 1. The Labute approximate surface area is 131 Å². The van der Waals surface area contributed by atoms with Crippen LogP contribution in [0, 0.1) is 5.92 Å². The number of ketones is 1. The van der Waals surface area contributed by atoms with Gasteiger partial charge in [-0.05, 0) is 18.6 Å². The molecule has 0 aromatic heterocycles. The van der Waals surface area contributed by atoms with Gasteiger partial charge in [0.1, 0.15) is 5.92 Å². The molecule has 0 spiro atoms. The standard InChI is InChI=1S/C15H17NO4.C2H6/c1-2-20-15(19)12-8-14(18)16(10-13(12)17)9-11-6-4-3-5-7-11;1-2/h3-8,12,18H,2,9-10H2,1H3;1-2H3. The number of hydrogen-bond donors (Lipinski definition) is 1. The van der Waals surface area contributed by atoms with Crippen LogP contribution in [0.25, 0.3) is 0 Å². The molecule has 0 bridgehead atoms. The van der Waals surface area contributed by atoms with E-state index >= 15 is 0 Å². The lowest BCUT2D eigenvalue weighted by molar-refractivity contribution is -0.150. The molecule has 0 amide bonds. The molecule has 0 saturated carbocycles. The van der Waals surface area contributed by atoms with Crippen LogP contribution in [-0.2, 0) is 20.9 Å². The maximum absolute atomic E-state index is 12.0. The predicted octanol–water partition coefficient (Wildman–Crippen LogP) is 2.68. The minimum atomic E-state index is -0.998. The van der Waals surface area contributed by atoms with E-state index in [0.29, 0.717) is 6.54 Å². The number of hydrogen-bond acceptors (Lipinski definition) is 5. The second-order valence-electron chi connectivity index (χ2n) is 4.56. The number of esters is 1. The molecule has 2 rings (SSSR count). The maximum atomic E-state index is 12.0. The lowest BCUT2D eigenvalue weighted by Crippen LogP contribution is -2.40. The van der Waals surface area contributed by atoms with Crippen LogP contribution in [-0.4, -0.2) is 34.9 Å². The molecule has 0 aliphatic carbocycles. The third kappa shape index (κ3) is 4.62. The Balaban J connectivity index is 0.00000116. The van der Waals surface area contributed by atoms with Crippen molar-refractivity contribution >= 4 is 11.8 Å². The summed E-state index contributed by atoms with van der Waals surface area (Å²) in [4.78, 5) is 25.1. The van der Waals surface area contributed by atoms with Crippen LogP contribution in [0.15, 0.2) is 42.3 Å². The van der Waals surface area contributed by atoms with Crippen LogP contribution in [0.4, 0.5) is 0 Å². The molecule has 0 fully saturated rings. The third-order valence-corrected chi connectivity index (χ3v) is 3.09. The summed E-state index contributed by atoms with van der Waals surface area (Å²) in [7, 11) is 0. The zero-order valence-corrected chi connectivity index (χ0v) is 13.3. The number of carbonyl (C=O) groups excluding carboxylic acids is 2. The van der Waals surface area contributed by atoms with Crippen LogP contribution in [0.2, 0.25) is 0 Å². The molecule has 1 aromatic carbocycles. The molecule has 22 heavy (non-hydrogen) atoms. The fraction of sp³-hybridized carbons (Fsp3) is 0.412. The molecule has 0 saturated heterocycles. The van der Waals surface area contributed by atoms with E-state index in [9.17, 15) is 14.7 Å². The van der Waals surface area contributed by atoms with Gasteiger partial charge in [-0.15, -0.1) is 0 Å². The summed E-state index contributed by atoms with van der Waals surface area (Å²) in [5.41, 5.74) is 0.981. The van der Waals surface area contributed by atoms with Gasteiger partial charge in [0.05, 0.1) is 13.2 Å². The van der Waals surface area contributed by atoms with Crippen molar-refractivity contribution in [3.05, 3.63) is 47.9 Å². The Morgan fingerprint density at radius 2 is 1.95 bits per heavy atom. The van der Waals surface area contributed by atoms with Crippen LogP contribution < -0.4 is 0 Å². The first kappa shape index (κ1) is 17.8. The van der Waals surface area contributed by atoms with Crippen molar-refractivity contribution in [3.63, 3.8) is 0 Å². The molecule has 1 atom stereocenters. The van der Waals surface area contributed by atoms with Crippen LogP contribution in [0.5, 0.6) is 0 Å². The summed E-state index contributed by atoms with van der Waals surface area (Å²) in [5, 5.41) is 9.96. The lowest BCUT2D eigenvalue weighted by atomic mass is 10.00. The summed E-state index contributed by atoms with van der Waals surface area (Å²) < 4.78 is 4.82. The summed E-state index contributed by atoms with van der Waals surface area (Å²) in [6.45, 7) is 6.31. The zero-order valence-electron chi connectivity index (χ0n) is 13.3. The van der Waals surface area contributed by atoms with E-state index in [1.165, 1.54) is 11.0 Å². The van der Waals surface area contributed by atoms with E-state index in [1.54, 1.807) is 6.92 Å². The molecular weight excluding hydrogens is 282 g/mol. The number of ether oxygens (including phenoxy) is 1. The molecule has 1 aliphatic rings. The summed E-state index contributed by atoms with van der Waals surface area (Å²) in [6.07, 6.45) is 1.26. The fourth-order valence-corrected chi connectivity index (χ4v) is 2.09. The molecule has 1 unspecified atom stereocenters. The number of benzene rings is 1. The molecule has 5 heteroatoms. The second-order valence-corrected chi connectivity index (χ2v) is 4.56. The first-order chi connectivity index (χ1) is 10.6. The van der Waals surface area contributed by atoms with E-state index in [1.807, 2.05) is 44.2 Å². The van der Waals surface area contributed by atoms with Crippen molar-refractivity contribution in [2.75, 3.05) is 13.2 Å². The summed E-state index contributed by atoms with van der Waals surface area (Å²) in [5.74, 6) is -1.94. The fourth-order valence-electron chi connectivity index (χ4n) is 2.09. The SMILES string of the molecule is CC.CCOC(=O)C1C=C(O)N(Cc2ccccc2)CC1=O. The Hall–Kier alpha value is -2.30. The van der Waals surface area contributed by atoms with Gasteiger partial charge in [-0.2, -0.15) is 0 Å². The van der Waals surface area contributed by atoms with Gasteiger partial charge in [-0.25, -0.2) is 0 Å². The average molecular weight is 305 g/mol. The van der Waals surface area contributed by atoms with Crippen LogP contribution in [0.3, 0.4) is 0 Å². The first-order valence-electron chi connectivity index (χ1n) is 7.50. The van der Waals surface area contributed by atoms with Gasteiger partial charge < -0.3 is 14.7 Å². The van der Waals surface area contributed by atoms with Crippen molar-refractivity contribution in [3.8, 4) is 0 Å². The average Bonchev–Trinajstić information content (AvgIpc) is 2.53. The quantitative estimate of drug-likeness (QED) is 0.684. The molecule has 120 valence electrons. The number of rotatable bonds is 4. The maximum Gasteiger partial charge on any atom is 0.320 e. The van der Waals surface area contributed by atoms with E-state index in [-0.39, 0.29) is 24.8 Å². The van der Waals surface area contributed by atoms with Gasteiger partial charge in [-0.3, -0.25) is 9.59 Å². The zero-order chi connectivity index (χ0) is 16.5. The smallest absolute Gasteiger partial charge is 0.320 e. The number of carbonyl (C=O) groups is 2. The largest absolute Gasteiger partial charge is 0.495 e. The predicted molar refractivity (Wildman–Crippen MR) is 84.0 cm³/mol. The van der Waals surface area contributed by atoms with Gasteiger partial charge in [0, 0.05) is 6.54 Å². The van der Waals surface area contributed by atoms with Crippen molar-refractivity contribution in [2.45, 2.75) is 27.3 Å². The van der Waals surface area contributed by atoms with Gasteiger partial charge in [0.15, 0.2) is 11.7 Å². The summed E-state index contributed by atoms with van der Waals surface area (Å²) in [6, 6.07) is 9.51. The van der Waals surface area contributed by atoms with Gasteiger partial charge >= 0.3 is 5.97 Å². The number of aliphatic hydroxyl groups is 1. The van der Waals surface area contributed by atoms with Crippen molar-refractivity contribution in [1.82, 2.24) is 4.90 Å². The van der Waals surface area contributed by atoms with Crippen LogP contribution >= 0.6 is 0 Å². The van der Waals surface area contributed by atoms with Gasteiger partial charge in [0.2, 0.25) is 0 Å². The van der Waals surface area contributed by atoms with Gasteiger partial charge in [0.25, 0.3) is 0 Å². The minimum absolute atomic E-state index is 0.000703.